The van der Waals surface area contributed by atoms with Crippen molar-refractivity contribution in [1.29, 1.82) is 0 Å². The first kappa shape index (κ1) is 19.1. The van der Waals surface area contributed by atoms with Crippen LogP contribution < -0.4 is 5.32 Å². The quantitative estimate of drug-likeness (QED) is 0.644. The number of hydrogen-bond acceptors (Lipinski definition) is 3. The van der Waals surface area contributed by atoms with Crippen molar-refractivity contribution in [2.45, 2.75) is 31.7 Å². The number of carbonyl (C=O) groups is 1. The van der Waals surface area contributed by atoms with Gasteiger partial charge in [0.05, 0.1) is 11.7 Å². The van der Waals surface area contributed by atoms with Crippen LogP contribution in [0.25, 0.3) is 10.9 Å². The molecule has 142 valence electrons. The average molecular weight is 364 g/mol. The molecular weight excluding hydrogens is 336 g/mol. The summed E-state index contributed by atoms with van der Waals surface area (Å²) in [5.41, 5.74) is 3.49. The number of nitrogens with zero attached hydrogens (tertiary/aromatic N) is 2. The Kier molecular flexibility index (Phi) is 6.24. The Morgan fingerprint density at radius 3 is 2.70 bits per heavy atom. The Labute approximate surface area is 160 Å². The Hall–Kier alpha value is -2.66. The van der Waals surface area contributed by atoms with Crippen molar-refractivity contribution in [3.8, 4) is 0 Å². The molecule has 2 N–H and O–H groups in total. The van der Waals surface area contributed by atoms with Crippen LogP contribution in [0.15, 0.2) is 54.7 Å². The molecule has 0 fully saturated rings. The van der Waals surface area contributed by atoms with Crippen molar-refractivity contribution >= 4 is 16.8 Å². The molecule has 0 bridgehead atoms. The zero-order chi connectivity index (χ0) is 19.2. The van der Waals surface area contributed by atoms with E-state index < -0.39 is 0 Å². The Morgan fingerprint density at radius 1 is 1.19 bits per heavy atom. The number of likely N-dealkylation sites (N-methyl/N-ethyl adjacent to an activating group) is 1. The van der Waals surface area contributed by atoms with E-state index in [4.69, 9.17) is 0 Å². The number of benzene rings is 2. The first-order valence-corrected chi connectivity index (χ1v) is 9.43. The second kappa shape index (κ2) is 8.82. The van der Waals surface area contributed by atoms with Crippen LogP contribution in [-0.2, 0) is 11.2 Å². The average Bonchev–Trinajstić information content (AvgIpc) is 3.13. The maximum absolute atomic E-state index is 12.4. The summed E-state index contributed by atoms with van der Waals surface area (Å²) in [6, 6.07) is 16.8. The fourth-order valence-electron chi connectivity index (χ4n) is 3.31. The van der Waals surface area contributed by atoms with E-state index in [1.54, 1.807) is 0 Å². The highest BCUT2D eigenvalue weighted by molar-refractivity contribution is 5.78. The zero-order valence-corrected chi connectivity index (χ0v) is 16.3. The summed E-state index contributed by atoms with van der Waals surface area (Å²) in [6.45, 7) is 2.73. The monoisotopic (exact) mass is 364 g/mol. The van der Waals surface area contributed by atoms with Crippen molar-refractivity contribution < 1.29 is 4.79 Å². The molecule has 0 saturated heterocycles. The van der Waals surface area contributed by atoms with Gasteiger partial charge >= 0.3 is 0 Å². The zero-order valence-electron chi connectivity index (χ0n) is 16.3. The largest absolute Gasteiger partial charge is 0.355 e. The number of aromatic amines is 1. The van der Waals surface area contributed by atoms with Gasteiger partial charge < -0.3 is 10.2 Å². The number of carbonyl (C=O) groups excluding carboxylic acids is 1. The van der Waals surface area contributed by atoms with E-state index in [0.29, 0.717) is 13.0 Å². The number of hydrogen-bond donors (Lipinski definition) is 2. The SMILES string of the molecule is C[C@H](CC(=O)NC[C@H](Cc1ccc2[nH]ncc2c1)N(C)C)c1ccccc1. The Bertz CT molecular complexity index is 872. The third-order valence-electron chi connectivity index (χ3n) is 5.10. The molecule has 2 aromatic carbocycles. The van der Waals surface area contributed by atoms with Crippen molar-refractivity contribution in [3.05, 3.63) is 65.9 Å². The van der Waals surface area contributed by atoms with Gasteiger partial charge in [-0.25, -0.2) is 0 Å². The predicted octanol–water partition coefficient (Wildman–Crippen LogP) is 3.35. The van der Waals surface area contributed by atoms with Gasteiger partial charge in [-0.05, 0) is 49.7 Å². The number of H-pyrrole nitrogens is 1. The maximum Gasteiger partial charge on any atom is 0.220 e. The summed E-state index contributed by atoms with van der Waals surface area (Å²) in [5, 5.41) is 11.3. The molecule has 0 saturated carbocycles. The standard InChI is InChI=1S/C22H28N4O/c1-16(18-7-5-4-6-8-18)11-22(27)23-15-20(26(2)3)13-17-9-10-21-19(12-17)14-24-25-21/h4-10,12,14,16,20H,11,13,15H2,1-3H3,(H,23,27)(H,24,25)/t16-,20+/m1/s1. The van der Waals surface area contributed by atoms with E-state index >= 15 is 0 Å². The Balaban J connectivity index is 1.55. The second-order valence-corrected chi connectivity index (χ2v) is 7.43. The second-order valence-electron chi connectivity index (χ2n) is 7.43. The minimum atomic E-state index is 0.100. The summed E-state index contributed by atoms with van der Waals surface area (Å²) >= 11 is 0. The van der Waals surface area contributed by atoms with Gasteiger partial charge in [-0.3, -0.25) is 9.89 Å². The van der Waals surface area contributed by atoms with Gasteiger partial charge in [-0.1, -0.05) is 43.3 Å². The first-order chi connectivity index (χ1) is 13.0. The number of nitrogens with one attached hydrogen (secondary N) is 2. The van der Waals surface area contributed by atoms with Gasteiger partial charge in [0, 0.05) is 24.4 Å². The molecular formula is C22H28N4O. The molecule has 1 aromatic heterocycles. The van der Waals surface area contributed by atoms with Crippen molar-refractivity contribution in [3.63, 3.8) is 0 Å². The van der Waals surface area contributed by atoms with Crippen LogP contribution in [0.5, 0.6) is 0 Å². The molecule has 0 aliphatic rings. The molecule has 0 radical (unpaired) electrons. The molecule has 27 heavy (non-hydrogen) atoms. The summed E-state index contributed by atoms with van der Waals surface area (Å²) in [4.78, 5) is 14.6. The molecule has 2 atom stereocenters. The summed E-state index contributed by atoms with van der Waals surface area (Å²) in [6.07, 6.45) is 3.23. The molecule has 0 unspecified atom stereocenters. The van der Waals surface area contributed by atoms with Gasteiger partial charge in [0.25, 0.3) is 0 Å². The molecule has 1 amide bonds. The minimum Gasteiger partial charge on any atom is -0.355 e. The van der Waals surface area contributed by atoms with E-state index in [9.17, 15) is 4.79 Å². The number of rotatable bonds is 8. The fourth-order valence-corrected chi connectivity index (χ4v) is 3.31. The van der Waals surface area contributed by atoms with Crippen LogP contribution in [0, 0.1) is 0 Å². The predicted molar refractivity (Wildman–Crippen MR) is 110 cm³/mol. The van der Waals surface area contributed by atoms with Crippen molar-refractivity contribution in [1.82, 2.24) is 20.4 Å². The molecule has 0 aliphatic heterocycles. The van der Waals surface area contributed by atoms with Gasteiger partial charge in [0.15, 0.2) is 0 Å². The molecule has 3 rings (SSSR count). The van der Waals surface area contributed by atoms with Crippen molar-refractivity contribution in [2.75, 3.05) is 20.6 Å². The summed E-state index contributed by atoms with van der Waals surface area (Å²) in [7, 11) is 4.11. The highest BCUT2D eigenvalue weighted by Crippen LogP contribution is 2.18. The minimum absolute atomic E-state index is 0.100. The molecule has 0 spiro atoms. The number of amides is 1. The lowest BCUT2D eigenvalue weighted by Gasteiger charge is -2.25. The maximum atomic E-state index is 12.4. The summed E-state index contributed by atoms with van der Waals surface area (Å²) < 4.78 is 0. The summed E-state index contributed by atoms with van der Waals surface area (Å²) in [5.74, 6) is 0.316. The van der Waals surface area contributed by atoms with E-state index in [2.05, 4.69) is 71.8 Å². The molecule has 0 aliphatic carbocycles. The van der Waals surface area contributed by atoms with Crippen molar-refractivity contribution in [2.24, 2.45) is 0 Å². The number of fused-ring (bicyclic) bond motifs is 1. The normalized spacial score (nSPS) is 13.6. The van der Waals surface area contributed by atoms with Gasteiger partial charge in [0.2, 0.25) is 5.91 Å². The van der Waals surface area contributed by atoms with Gasteiger partial charge in [-0.2, -0.15) is 5.10 Å². The molecule has 1 heterocycles. The van der Waals surface area contributed by atoms with Crippen LogP contribution in [0.1, 0.15) is 30.4 Å². The van der Waals surface area contributed by atoms with Gasteiger partial charge in [-0.15, -0.1) is 0 Å². The highest BCUT2D eigenvalue weighted by Gasteiger charge is 2.16. The van der Waals surface area contributed by atoms with E-state index in [1.807, 2.05) is 24.4 Å². The lowest BCUT2D eigenvalue weighted by atomic mass is 9.97. The van der Waals surface area contributed by atoms with E-state index in [0.717, 1.165) is 17.3 Å². The van der Waals surface area contributed by atoms with Crippen LogP contribution in [0.4, 0.5) is 0 Å². The van der Waals surface area contributed by atoms with Gasteiger partial charge in [0.1, 0.15) is 0 Å². The smallest absolute Gasteiger partial charge is 0.220 e. The highest BCUT2D eigenvalue weighted by atomic mass is 16.1. The fraction of sp³-hybridized carbons (Fsp3) is 0.364. The molecule has 5 heteroatoms. The van der Waals surface area contributed by atoms with Crippen LogP contribution in [0.3, 0.4) is 0 Å². The van der Waals surface area contributed by atoms with E-state index in [-0.39, 0.29) is 17.9 Å². The third kappa shape index (κ3) is 5.17. The first-order valence-electron chi connectivity index (χ1n) is 9.43. The molecule has 5 nitrogen and oxygen atoms in total. The number of aromatic nitrogens is 2. The van der Waals surface area contributed by atoms with Crippen LogP contribution >= 0.6 is 0 Å². The Morgan fingerprint density at radius 2 is 1.96 bits per heavy atom. The topological polar surface area (TPSA) is 61.0 Å². The lowest BCUT2D eigenvalue weighted by molar-refractivity contribution is -0.121. The van der Waals surface area contributed by atoms with E-state index in [1.165, 1.54) is 11.1 Å². The molecule has 3 aromatic rings. The van der Waals surface area contributed by atoms with Crippen LogP contribution in [-0.4, -0.2) is 47.7 Å². The third-order valence-corrected chi connectivity index (χ3v) is 5.10. The van der Waals surface area contributed by atoms with Crippen LogP contribution in [0.2, 0.25) is 0 Å². The lowest BCUT2D eigenvalue weighted by Crippen LogP contribution is -2.41.